The summed E-state index contributed by atoms with van der Waals surface area (Å²) in [6, 6.07) is 0. The SMILES string of the molecule is FCCCOCCCCCOCCCF. The molecule has 0 atom stereocenters. The molecule has 0 aromatic carbocycles. The summed E-state index contributed by atoms with van der Waals surface area (Å²) in [5.74, 6) is 0. The van der Waals surface area contributed by atoms with Crippen LogP contribution in [0, 0.1) is 0 Å². The Hall–Kier alpha value is -0.220. The van der Waals surface area contributed by atoms with Gasteiger partial charge in [0.2, 0.25) is 0 Å². The van der Waals surface area contributed by atoms with E-state index in [1.807, 2.05) is 0 Å². The fraction of sp³-hybridized carbons (Fsp3) is 1.00. The van der Waals surface area contributed by atoms with E-state index in [-0.39, 0.29) is 13.3 Å². The molecule has 0 rings (SSSR count). The highest BCUT2D eigenvalue weighted by Gasteiger charge is 1.92. The molecule has 0 heterocycles. The number of halogens is 2. The van der Waals surface area contributed by atoms with Crippen LogP contribution < -0.4 is 0 Å². The highest BCUT2D eigenvalue weighted by molar-refractivity contribution is 4.42. The maximum atomic E-state index is 11.6. The van der Waals surface area contributed by atoms with Crippen LogP contribution >= 0.6 is 0 Å². The molecule has 92 valence electrons. The van der Waals surface area contributed by atoms with Gasteiger partial charge in [0.25, 0.3) is 0 Å². The molecule has 0 fully saturated rings. The molecule has 0 N–H and O–H groups in total. The maximum Gasteiger partial charge on any atom is 0.0916 e. The third-order valence-electron chi connectivity index (χ3n) is 1.92. The maximum absolute atomic E-state index is 11.6. The molecule has 0 spiro atoms. The lowest BCUT2D eigenvalue weighted by Crippen LogP contribution is -2.00. The molecule has 0 aromatic heterocycles. The van der Waals surface area contributed by atoms with Crippen molar-refractivity contribution in [1.82, 2.24) is 0 Å². The van der Waals surface area contributed by atoms with E-state index in [9.17, 15) is 8.78 Å². The summed E-state index contributed by atoms with van der Waals surface area (Å²) >= 11 is 0. The monoisotopic (exact) mass is 224 g/mol. The standard InChI is InChI=1S/C11H22F2O2/c12-6-4-10-14-8-2-1-3-9-15-11-5-7-13/h1-11H2. The molecule has 0 saturated heterocycles. The molecule has 0 aliphatic heterocycles. The lowest BCUT2D eigenvalue weighted by Gasteiger charge is -2.03. The van der Waals surface area contributed by atoms with Crippen molar-refractivity contribution < 1.29 is 18.3 Å². The van der Waals surface area contributed by atoms with Crippen molar-refractivity contribution in [3.8, 4) is 0 Å². The van der Waals surface area contributed by atoms with Crippen LogP contribution in [0.4, 0.5) is 8.78 Å². The Morgan fingerprint density at radius 3 is 1.33 bits per heavy atom. The molecular weight excluding hydrogens is 202 g/mol. The van der Waals surface area contributed by atoms with Gasteiger partial charge in [0.1, 0.15) is 0 Å². The van der Waals surface area contributed by atoms with Gasteiger partial charge in [-0.25, -0.2) is 0 Å². The van der Waals surface area contributed by atoms with E-state index >= 15 is 0 Å². The Bertz CT molecular complexity index is 101. The minimum absolute atomic E-state index is 0.303. The minimum atomic E-state index is -0.303. The summed E-state index contributed by atoms with van der Waals surface area (Å²) < 4.78 is 33.7. The summed E-state index contributed by atoms with van der Waals surface area (Å²) in [6.07, 6.45) is 4.00. The first-order chi connectivity index (χ1) is 7.41. The van der Waals surface area contributed by atoms with Crippen LogP contribution in [0.25, 0.3) is 0 Å². The van der Waals surface area contributed by atoms with Gasteiger partial charge in [0.15, 0.2) is 0 Å². The topological polar surface area (TPSA) is 18.5 Å². The van der Waals surface area contributed by atoms with Crippen molar-refractivity contribution in [2.45, 2.75) is 32.1 Å². The molecule has 0 unspecified atom stereocenters. The van der Waals surface area contributed by atoms with Gasteiger partial charge >= 0.3 is 0 Å². The number of ether oxygens (including phenoxy) is 2. The van der Waals surface area contributed by atoms with Crippen LogP contribution in [0.15, 0.2) is 0 Å². The molecule has 4 heteroatoms. The van der Waals surface area contributed by atoms with Gasteiger partial charge in [-0.3, -0.25) is 8.78 Å². The van der Waals surface area contributed by atoms with E-state index in [0.29, 0.717) is 39.3 Å². The Morgan fingerprint density at radius 2 is 0.933 bits per heavy atom. The van der Waals surface area contributed by atoms with Gasteiger partial charge in [-0.1, -0.05) is 0 Å². The van der Waals surface area contributed by atoms with Crippen molar-refractivity contribution in [1.29, 1.82) is 0 Å². The molecule has 15 heavy (non-hydrogen) atoms. The van der Waals surface area contributed by atoms with Crippen molar-refractivity contribution in [2.24, 2.45) is 0 Å². The van der Waals surface area contributed by atoms with Crippen molar-refractivity contribution in [3.05, 3.63) is 0 Å². The predicted molar refractivity (Wildman–Crippen MR) is 56.7 cm³/mol. The number of hydrogen-bond acceptors (Lipinski definition) is 2. The zero-order valence-electron chi connectivity index (χ0n) is 9.35. The first-order valence-electron chi connectivity index (χ1n) is 5.69. The fourth-order valence-electron chi connectivity index (χ4n) is 1.10. The molecule has 0 saturated carbocycles. The number of unbranched alkanes of at least 4 members (excludes halogenated alkanes) is 2. The Labute approximate surface area is 90.9 Å². The third-order valence-corrected chi connectivity index (χ3v) is 1.92. The van der Waals surface area contributed by atoms with Crippen LogP contribution in [-0.4, -0.2) is 39.8 Å². The summed E-state index contributed by atoms with van der Waals surface area (Å²) in [7, 11) is 0. The fourth-order valence-corrected chi connectivity index (χ4v) is 1.10. The Morgan fingerprint density at radius 1 is 0.533 bits per heavy atom. The molecule has 0 aliphatic rings. The second-order valence-electron chi connectivity index (χ2n) is 3.37. The lowest BCUT2D eigenvalue weighted by molar-refractivity contribution is 0.108. The second kappa shape index (κ2) is 13.8. The molecule has 0 aliphatic carbocycles. The van der Waals surface area contributed by atoms with Gasteiger partial charge in [0, 0.05) is 26.4 Å². The second-order valence-corrected chi connectivity index (χ2v) is 3.37. The average Bonchev–Trinajstić information content (AvgIpc) is 2.26. The highest BCUT2D eigenvalue weighted by Crippen LogP contribution is 1.97. The molecule has 2 nitrogen and oxygen atoms in total. The van der Waals surface area contributed by atoms with Gasteiger partial charge in [-0.15, -0.1) is 0 Å². The first kappa shape index (κ1) is 14.8. The highest BCUT2D eigenvalue weighted by atomic mass is 19.1. The van der Waals surface area contributed by atoms with Crippen LogP contribution in [-0.2, 0) is 9.47 Å². The van der Waals surface area contributed by atoms with E-state index in [0.717, 1.165) is 19.3 Å². The lowest BCUT2D eigenvalue weighted by atomic mass is 10.2. The first-order valence-corrected chi connectivity index (χ1v) is 5.69. The van der Waals surface area contributed by atoms with Gasteiger partial charge in [-0.05, 0) is 32.1 Å². The minimum Gasteiger partial charge on any atom is -0.381 e. The summed E-state index contributed by atoms with van der Waals surface area (Å²) in [4.78, 5) is 0. The normalized spacial score (nSPS) is 10.8. The number of hydrogen-bond donors (Lipinski definition) is 0. The molecule has 0 aromatic rings. The van der Waals surface area contributed by atoms with Gasteiger partial charge < -0.3 is 9.47 Å². The predicted octanol–water partition coefficient (Wildman–Crippen LogP) is 2.91. The van der Waals surface area contributed by atoms with E-state index in [1.54, 1.807) is 0 Å². The van der Waals surface area contributed by atoms with Crippen molar-refractivity contribution in [3.63, 3.8) is 0 Å². The molecule has 0 bridgehead atoms. The van der Waals surface area contributed by atoms with E-state index in [1.165, 1.54) is 0 Å². The van der Waals surface area contributed by atoms with Crippen LogP contribution in [0.5, 0.6) is 0 Å². The Kier molecular flexibility index (Phi) is 13.6. The molecule has 0 radical (unpaired) electrons. The summed E-state index contributed by atoms with van der Waals surface area (Å²) in [6.45, 7) is 1.83. The summed E-state index contributed by atoms with van der Waals surface area (Å²) in [5.41, 5.74) is 0. The average molecular weight is 224 g/mol. The van der Waals surface area contributed by atoms with Crippen LogP contribution in [0.2, 0.25) is 0 Å². The Balaban J connectivity index is 2.81. The molecular formula is C11H22F2O2. The quantitative estimate of drug-likeness (QED) is 0.474. The van der Waals surface area contributed by atoms with E-state index < -0.39 is 0 Å². The smallest absolute Gasteiger partial charge is 0.0916 e. The van der Waals surface area contributed by atoms with Gasteiger partial charge in [0.05, 0.1) is 13.3 Å². The van der Waals surface area contributed by atoms with E-state index in [4.69, 9.17) is 9.47 Å². The zero-order chi connectivity index (χ0) is 11.2. The summed E-state index contributed by atoms with van der Waals surface area (Å²) in [5, 5.41) is 0. The van der Waals surface area contributed by atoms with Crippen molar-refractivity contribution >= 4 is 0 Å². The number of rotatable bonds is 12. The largest absolute Gasteiger partial charge is 0.381 e. The van der Waals surface area contributed by atoms with Crippen LogP contribution in [0.1, 0.15) is 32.1 Å². The van der Waals surface area contributed by atoms with Crippen molar-refractivity contribution in [2.75, 3.05) is 39.8 Å². The third kappa shape index (κ3) is 13.8. The molecule has 0 amide bonds. The number of alkyl halides is 2. The van der Waals surface area contributed by atoms with Crippen LogP contribution in [0.3, 0.4) is 0 Å². The zero-order valence-corrected chi connectivity index (χ0v) is 9.35. The van der Waals surface area contributed by atoms with Gasteiger partial charge in [-0.2, -0.15) is 0 Å². The van der Waals surface area contributed by atoms with E-state index in [2.05, 4.69) is 0 Å².